The maximum absolute atomic E-state index is 11.7. The monoisotopic (exact) mass is 340 g/mol. The first kappa shape index (κ1) is 16.6. The average molecular weight is 340 g/mol. The average Bonchev–Trinajstić information content (AvgIpc) is 2.55. The van der Waals surface area contributed by atoms with Gasteiger partial charge in [-0.15, -0.1) is 0 Å². The van der Waals surface area contributed by atoms with E-state index in [1.54, 1.807) is 24.3 Å². The normalized spacial score (nSPS) is 12.3. The lowest BCUT2D eigenvalue weighted by atomic mass is 10.1. The fourth-order valence-corrected chi connectivity index (χ4v) is 3.35. The van der Waals surface area contributed by atoms with Crippen molar-refractivity contribution in [3.8, 4) is 11.1 Å². The molecule has 0 aliphatic carbocycles. The maximum Gasteiger partial charge on any atom is 0.240 e. The second kappa shape index (κ2) is 6.17. The molecule has 0 atom stereocenters. The van der Waals surface area contributed by atoms with E-state index < -0.39 is 20.0 Å². The Morgan fingerprint density at radius 2 is 0.864 bits per heavy atom. The second-order valence-corrected chi connectivity index (χ2v) is 8.24. The van der Waals surface area contributed by atoms with E-state index in [0.29, 0.717) is 0 Å². The van der Waals surface area contributed by atoms with Gasteiger partial charge in [-0.25, -0.2) is 26.3 Å². The molecule has 22 heavy (non-hydrogen) atoms. The van der Waals surface area contributed by atoms with E-state index >= 15 is 0 Å². The minimum Gasteiger partial charge on any atom is -0.214 e. The lowest BCUT2D eigenvalue weighted by molar-refractivity contribution is 0.586. The molecule has 6 nitrogen and oxygen atoms in total. The molecular formula is C14H16N2O4S2. The van der Waals surface area contributed by atoms with E-state index in [4.69, 9.17) is 0 Å². The molecule has 2 rings (SSSR count). The van der Waals surface area contributed by atoms with Gasteiger partial charge in [-0.2, -0.15) is 0 Å². The van der Waals surface area contributed by atoms with Crippen molar-refractivity contribution in [2.24, 2.45) is 0 Å². The standard InChI is InChI=1S/C14H16N2O4S2/c1-15-21(17,18)13-7-3-11(4-8-13)12-5-9-14(10-6-12)22(19,20)16-2/h3-10,15-16H,1-2H3. The Balaban J connectivity index is 2.34. The summed E-state index contributed by atoms with van der Waals surface area (Å²) in [7, 11) is -4.23. The van der Waals surface area contributed by atoms with Gasteiger partial charge in [-0.1, -0.05) is 24.3 Å². The molecule has 0 aromatic heterocycles. The van der Waals surface area contributed by atoms with Crippen molar-refractivity contribution in [1.29, 1.82) is 0 Å². The van der Waals surface area contributed by atoms with E-state index in [9.17, 15) is 16.8 Å². The van der Waals surface area contributed by atoms with Crippen LogP contribution in [-0.2, 0) is 20.0 Å². The van der Waals surface area contributed by atoms with E-state index in [2.05, 4.69) is 9.44 Å². The molecule has 0 spiro atoms. The maximum atomic E-state index is 11.7. The summed E-state index contributed by atoms with van der Waals surface area (Å²) in [4.78, 5) is 0.348. The molecule has 0 amide bonds. The van der Waals surface area contributed by atoms with Crippen molar-refractivity contribution in [3.05, 3.63) is 48.5 Å². The summed E-state index contributed by atoms with van der Waals surface area (Å²) in [6.07, 6.45) is 0. The Hall–Kier alpha value is -1.74. The van der Waals surface area contributed by atoms with Crippen LogP contribution in [0.15, 0.2) is 58.3 Å². The van der Waals surface area contributed by atoms with Gasteiger partial charge in [0.25, 0.3) is 0 Å². The fraction of sp³-hybridized carbons (Fsp3) is 0.143. The van der Waals surface area contributed by atoms with Crippen LogP contribution in [-0.4, -0.2) is 30.9 Å². The van der Waals surface area contributed by atoms with E-state index in [-0.39, 0.29) is 9.79 Å². The van der Waals surface area contributed by atoms with Gasteiger partial charge in [-0.3, -0.25) is 0 Å². The Morgan fingerprint density at radius 1 is 0.591 bits per heavy atom. The van der Waals surface area contributed by atoms with Gasteiger partial charge in [0, 0.05) is 0 Å². The minimum absolute atomic E-state index is 0.174. The topological polar surface area (TPSA) is 92.3 Å². The summed E-state index contributed by atoms with van der Waals surface area (Å²) in [6, 6.07) is 12.7. The molecule has 0 heterocycles. The molecule has 0 unspecified atom stereocenters. The molecule has 0 bridgehead atoms. The van der Waals surface area contributed by atoms with Gasteiger partial charge in [0.05, 0.1) is 9.79 Å². The summed E-state index contributed by atoms with van der Waals surface area (Å²) >= 11 is 0. The highest BCUT2D eigenvalue weighted by Crippen LogP contribution is 2.22. The lowest BCUT2D eigenvalue weighted by Gasteiger charge is -2.07. The first-order valence-electron chi connectivity index (χ1n) is 6.38. The summed E-state index contributed by atoms with van der Waals surface area (Å²) in [6.45, 7) is 0. The van der Waals surface area contributed by atoms with Gasteiger partial charge >= 0.3 is 0 Å². The SMILES string of the molecule is CNS(=O)(=O)c1ccc(-c2ccc(S(=O)(=O)NC)cc2)cc1. The minimum atomic E-state index is -3.46. The molecule has 2 N–H and O–H groups in total. The zero-order valence-corrected chi connectivity index (χ0v) is 13.7. The van der Waals surface area contributed by atoms with E-state index in [0.717, 1.165) is 11.1 Å². The van der Waals surface area contributed by atoms with Crippen molar-refractivity contribution in [2.75, 3.05) is 14.1 Å². The van der Waals surface area contributed by atoms with Crippen molar-refractivity contribution in [1.82, 2.24) is 9.44 Å². The highest BCUT2D eigenvalue weighted by molar-refractivity contribution is 7.89. The lowest BCUT2D eigenvalue weighted by Crippen LogP contribution is -2.18. The van der Waals surface area contributed by atoms with Crippen LogP contribution in [0.3, 0.4) is 0 Å². The molecular weight excluding hydrogens is 324 g/mol. The third kappa shape index (κ3) is 3.36. The van der Waals surface area contributed by atoms with Crippen LogP contribution in [0.25, 0.3) is 11.1 Å². The van der Waals surface area contributed by atoms with Crippen LogP contribution in [0.4, 0.5) is 0 Å². The van der Waals surface area contributed by atoms with Crippen LogP contribution < -0.4 is 9.44 Å². The molecule has 0 aliphatic heterocycles. The molecule has 2 aromatic carbocycles. The Morgan fingerprint density at radius 3 is 1.09 bits per heavy atom. The predicted octanol–water partition coefficient (Wildman–Crippen LogP) is 1.17. The first-order valence-corrected chi connectivity index (χ1v) is 9.34. The van der Waals surface area contributed by atoms with Crippen molar-refractivity contribution in [2.45, 2.75) is 9.79 Å². The third-order valence-electron chi connectivity index (χ3n) is 3.20. The molecule has 0 radical (unpaired) electrons. The predicted molar refractivity (Wildman–Crippen MR) is 84.4 cm³/mol. The van der Waals surface area contributed by atoms with Gasteiger partial charge in [0.15, 0.2) is 0 Å². The van der Waals surface area contributed by atoms with Crippen LogP contribution in [0.2, 0.25) is 0 Å². The molecule has 0 saturated heterocycles. The zero-order chi connectivity index (χ0) is 16.4. The van der Waals surface area contributed by atoms with Crippen LogP contribution >= 0.6 is 0 Å². The highest BCUT2D eigenvalue weighted by Gasteiger charge is 2.12. The van der Waals surface area contributed by atoms with Gasteiger partial charge in [0.1, 0.15) is 0 Å². The quantitative estimate of drug-likeness (QED) is 0.854. The zero-order valence-electron chi connectivity index (χ0n) is 12.1. The summed E-state index contributed by atoms with van der Waals surface area (Å²) in [5.74, 6) is 0. The third-order valence-corrected chi connectivity index (χ3v) is 6.06. The number of hydrogen-bond donors (Lipinski definition) is 2. The second-order valence-electron chi connectivity index (χ2n) is 4.46. The van der Waals surface area contributed by atoms with Crippen molar-refractivity contribution < 1.29 is 16.8 Å². The number of benzene rings is 2. The summed E-state index contributed by atoms with van der Waals surface area (Å²) in [5, 5.41) is 0. The Labute approximate surface area is 130 Å². The van der Waals surface area contributed by atoms with Gasteiger partial charge in [0.2, 0.25) is 20.0 Å². The number of hydrogen-bond acceptors (Lipinski definition) is 4. The van der Waals surface area contributed by atoms with Crippen LogP contribution in [0.5, 0.6) is 0 Å². The van der Waals surface area contributed by atoms with Crippen LogP contribution in [0, 0.1) is 0 Å². The van der Waals surface area contributed by atoms with E-state index in [1.807, 2.05) is 0 Å². The summed E-state index contributed by atoms with van der Waals surface area (Å²) in [5.41, 5.74) is 1.59. The van der Waals surface area contributed by atoms with Gasteiger partial charge in [-0.05, 0) is 49.5 Å². The highest BCUT2D eigenvalue weighted by atomic mass is 32.2. The molecule has 8 heteroatoms. The Bertz CT molecular complexity index is 781. The number of nitrogens with one attached hydrogen (secondary N) is 2. The number of rotatable bonds is 5. The molecule has 0 aliphatic rings. The molecule has 0 saturated carbocycles. The smallest absolute Gasteiger partial charge is 0.214 e. The van der Waals surface area contributed by atoms with Crippen molar-refractivity contribution in [3.63, 3.8) is 0 Å². The largest absolute Gasteiger partial charge is 0.240 e. The van der Waals surface area contributed by atoms with E-state index in [1.165, 1.54) is 38.4 Å². The summed E-state index contributed by atoms with van der Waals surface area (Å²) < 4.78 is 51.1. The molecule has 0 fully saturated rings. The molecule has 118 valence electrons. The molecule has 2 aromatic rings. The fourth-order valence-electron chi connectivity index (χ4n) is 1.89. The van der Waals surface area contributed by atoms with Gasteiger partial charge < -0.3 is 0 Å². The van der Waals surface area contributed by atoms with Crippen LogP contribution in [0.1, 0.15) is 0 Å². The van der Waals surface area contributed by atoms with Crippen molar-refractivity contribution >= 4 is 20.0 Å². The Kier molecular flexibility index (Phi) is 4.66. The number of sulfonamides is 2. The first-order chi connectivity index (χ1) is 10.3.